The van der Waals surface area contributed by atoms with Gasteiger partial charge in [0.15, 0.2) is 6.61 Å². The van der Waals surface area contributed by atoms with E-state index in [1.54, 1.807) is 5.32 Å². The number of nitrogens with two attached hydrogens (primary N) is 1. The average molecular weight is 397 g/mol. The van der Waals surface area contributed by atoms with Crippen LogP contribution >= 0.6 is 0 Å². The molecule has 3 N–H and O–H groups in total. The van der Waals surface area contributed by atoms with E-state index in [-0.39, 0.29) is 22.3 Å². The first-order valence-electron chi connectivity index (χ1n) is 8.46. The Balaban J connectivity index is 2.13. The summed E-state index contributed by atoms with van der Waals surface area (Å²) in [6.45, 7) is 4.15. The second-order valence-electron chi connectivity index (χ2n) is 6.78. The molecule has 1 aliphatic rings. The third-order valence-electron chi connectivity index (χ3n) is 4.14. The number of primary amides is 1. The lowest BCUT2D eigenvalue weighted by molar-refractivity contribution is -0.123. The van der Waals surface area contributed by atoms with E-state index in [2.05, 4.69) is 0 Å². The maximum Gasteiger partial charge on any atom is 0.338 e. The Morgan fingerprint density at radius 3 is 2.44 bits per heavy atom. The minimum absolute atomic E-state index is 0.0129. The zero-order valence-corrected chi connectivity index (χ0v) is 16.0. The number of rotatable bonds is 5. The van der Waals surface area contributed by atoms with Gasteiger partial charge < -0.3 is 10.5 Å². The third-order valence-corrected chi connectivity index (χ3v) is 5.97. The lowest BCUT2D eigenvalue weighted by Gasteiger charge is -2.34. The van der Waals surface area contributed by atoms with Crippen LogP contribution in [-0.4, -0.2) is 50.3 Å². The highest BCUT2D eigenvalue weighted by molar-refractivity contribution is 7.89. The first-order chi connectivity index (χ1) is 12.6. The molecule has 2 rings (SSSR count). The Morgan fingerprint density at radius 1 is 1.22 bits per heavy atom. The van der Waals surface area contributed by atoms with Crippen LogP contribution in [0.2, 0.25) is 0 Å². The number of carbonyl (C=O) groups is 3. The summed E-state index contributed by atoms with van der Waals surface area (Å²) >= 11 is 0. The lowest BCUT2D eigenvalue weighted by Crippen LogP contribution is -2.42. The molecular weight excluding hydrogens is 374 g/mol. The zero-order chi connectivity index (χ0) is 20.2. The van der Waals surface area contributed by atoms with E-state index in [4.69, 9.17) is 10.5 Å². The predicted octanol–water partition coefficient (Wildman–Crippen LogP) is 0.705. The van der Waals surface area contributed by atoms with Crippen LogP contribution in [0.5, 0.6) is 0 Å². The van der Waals surface area contributed by atoms with Gasteiger partial charge in [0.1, 0.15) is 0 Å². The van der Waals surface area contributed by atoms with Crippen molar-refractivity contribution in [3.05, 3.63) is 29.8 Å². The Labute approximate surface area is 157 Å². The summed E-state index contributed by atoms with van der Waals surface area (Å²) in [6.07, 6.45) is 0.964. The van der Waals surface area contributed by atoms with Crippen molar-refractivity contribution in [3.8, 4) is 0 Å². The number of esters is 1. The highest BCUT2D eigenvalue weighted by Gasteiger charge is 2.32. The van der Waals surface area contributed by atoms with Crippen LogP contribution in [0.4, 0.5) is 4.79 Å². The van der Waals surface area contributed by atoms with Gasteiger partial charge in [-0.25, -0.2) is 18.0 Å². The summed E-state index contributed by atoms with van der Waals surface area (Å²) in [5.41, 5.74) is 4.77. The van der Waals surface area contributed by atoms with Crippen molar-refractivity contribution < 1.29 is 27.5 Å². The molecule has 0 radical (unpaired) electrons. The van der Waals surface area contributed by atoms with E-state index in [1.165, 1.54) is 28.6 Å². The Hall–Kier alpha value is -2.46. The standard InChI is InChI=1S/C17H23N3O6S/c1-11-6-12(2)9-20(8-11)27(24,25)14-5-3-4-13(7-14)16(22)26-10-15(21)19-17(18)23/h3-5,7,11-12H,6,8-10H2,1-2H3,(H3,18,19,21,23). The molecule has 2 unspecified atom stereocenters. The minimum Gasteiger partial charge on any atom is -0.452 e. The largest absolute Gasteiger partial charge is 0.452 e. The summed E-state index contributed by atoms with van der Waals surface area (Å²) in [5.74, 6) is -1.26. The number of urea groups is 1. The molecule has 1 saturated heterocycles. The molecule has 1 aromatic rings. The number of benzene rings is 1. The van der Waals surface area contributed by atoms with Crippen LogP contribution in [0.25, 0.3) is 0 Å². The Kier molecular flexibility index (Phi) is 6.55. The van der Waals surface area contributed by atoms with Crippen molar-refractivity contribution in [1.82, 2.24) is 9.62 Å². The Bertz CT molecular complexity index is 829. The van der Waals surface area contributed by atoms with Crippen LogP contribution < -0.4 is 11.1 Å². The number of ether oxygens (including phenoxy) is 1. The highest BCUT2D eigenvalue weighted by Crippen LogP contribution is 2.27. The lowest BCUT2D eigenvalue weighted by atomic mass is 9.94. The van der Waals surface area contributed by atoms with Crippen LogP contribution in [0.1, 0.15) is 30.6 Å². The summed E-state index contributed by atoms with van der Waals surface area (Å²) in [7, 11) is -3.75. The predicted molar refractivity (Wildman–Crippen MR) is 96.2 cm³/mol. The van der Waals surface area contributed by atoms with Crippen molar-refractivity contribution in [2.75, 3.05) is 19.7 Å². The number of hydrogen-bond acceptors (Lipinski definition) is 6. The van der Waals surface area contributed by atoms with E-state index in [0.717, 1.165) is 6.42 Å². The second kappa shape index (κ2) is 8.49. The zero-order valence-electron chi connectivity index (χ0n) is 15.2. The molecule has 1 heterocycles. The van der Waals surface area contributed by atoms with Crippen molar-refractivity contribution >= 4 is 27.9 Å². The number of amides is 3. The second-order valence-corrected chi connectivity index (χ2v) is 8.72. The number of carbonyl (C=O) groups excluding carboxylic acids is 3. The topological polar surface area (TPSA) is 136 Å². The fourth-order valence-electron chi connectivity index (χ4n) is 3.12. The molecule has 3 amide bonds. The average Bonchev–Trinajstić information content (AvgIpc) is 2.58. The molecule has 1 aromatic carbocycles. The quantitative estimate of drug-likeness (QED) is 0.702. The summed E-state index contributed by atoms with van der Waals surface area (Å²) in [5, 5.41) is 1.76. The van der Waals surface area contributed by atoms with E-state index in [0.29, 0.717) is 13.1 Å². The van der Waals surface area contributed by atoms with Crippen LogP contribution in [0.3, 0.4) is 0 Å². The Morgan fingerprint density at radius 2 is 1.85 bits per heavy atom. The number of hydrogen-bond donors (Lipinski definition) is 2. The van der Waals surface area contributed by atoms with Crippen LogP contribution in [0.15, 0.2) is 29.2 Å². The highest BCUT2D eigenvalue weighted by atomic mass is 32.2. The number of nitrogens with one attached hydrogen (secondary N) is 1. The minimum atomic E-state index is -3.75. The molecule has 0 aliphatic carbocycles. The normalized spacial score (nSPS) is 20.7. The third kappa shape index (κ3) is 5.51. The molecule has 9 nitrogen and oxygen atoms in total. The van der Waals surface area contributed by atoms with Gasteiger partial charge in [0, 0.05) is 13.1 Å². The molecular formula is C17H23N3O6S. The first-order valence-corrected chi connectivity index (χ1v) is 9.90. The molecule has 0 bridgehead atoms. The fraction of sp³-hybridized carbons (Fsp3) is 0.471. The van der Waals surface area contributed by atoms with E-state index in [9.17, 15) is 22.8 Å². The molecule has 1 fully saturated rings. The van der Waals surface area contributed by atoms with Gasteiger partial charge in [0.25, 0.3) is 5.91 Å². The van der Waals surface area contributed by atoms with Crippen LogP contribution in [0, 0.1) is 11.8 Å². The molecule has 27 heavy (non-hydrogen) atoms. The van der Waals surface area contributed by atoms with Crippen LogP contribution in [-0.2, 0) is 19.6 Å². The van der Waals surface area contributed by atoms with Crippen molar-refractivity contribution in [2.45, 2.75) is 25.2 Å². The maximum atomic E-state index is 12.9. The molecule has 1 aliphatic heterocycles. The molecule has 10 heteroatoms. The first kappa shape index (κ1) is 20.8. The number of sulfonamides is 1. The number of nitrogens with zero attached hydrogens (tertiary/aromatic N) is 1. The number of piperidine rings is 1. The smallest absolute Gasteiger partial charge is 0.338 e. The van der Waals surface area contributed by atoms with Crippen molar-refractivity contribution in [3.63, 3.8) is 0 Å². The van der Waals surface area contributed by atoms with Gasteiger partial charge in [-0.1, -0.05) is 19.9 Å². The molecule has 0 aromatic heterocycles. The van der Waals surface area contributed by atoms with Gasteiger partial charge in [0.05, 0.1) is 10.5 Å². The van der Waals surface area contributed by atoms with Gasteiger partial charge in [0.2, 0.25) is 10.0 Å². The molecule has 0 saturated carbocycles. The van der Waals surface area contributed by atoms with Crippen molar-refractivity contribution in [1.29, 1.82) is 0 Å². The van der Waals surface area contributed by atoms with Gasteiger partial charge in [-0.15, -0.1) is 0 Å². The van der Waals surface area contributed by atoms with Gasteiger partial charge in [-0.05, 0) is 36.5 Å². The summed E-state index contributed by atoms with van der Waals surface area (Å²) in [4.78, 5) is 33.9. The fourth-order valence-corrected chi connectivity index (χ4v) is 4.85. The maximum absolute atomic E-state index is 12.9. The van der Waals surface area contributed by atoms with Gasteiger partial charge >= 0.3 is 12.0 Å². The van der Waals surface area contributed by atoms with Crippen molar-refractivity contribution in [2.24, 2.45) is 17.6 Å². The molecule has 2 atom stereocenters. The molecule has 148 valence electrons. The van der Waals surface area contributed by atoms with E-state index in [1.807, 2.05) is 13.8 Å². The van der Waals surface area contributed by atoms with E-state index < -0.39 is 34.5 Å². The monoisotopic (exact) mass is 397 g/mol. The van der Waals surface area contributed by atoms with Gasteiger partial charge in [-0.3, -0.25) is 10.1 Å². The molecule has 0 spiro atoms. The SMILES string of the molecule is CC1CC(C)CN(S(=O)(=O)c2cccc(C(=O)OCC(=O)NC(N)=O)c2)C1. The van der Waals surface area contributed by atoms with Gasteiger partial charge in [-0.2, -0.15) is 4.31 Å². The van der Waals surface area contributed by atoms with E-state index >= 15 is 0 Å². The number of imide groups is 1. The summed E-state index contributed by atoms with van der Waals surface area (Å²) in [6, 6.07) is 4.39. The summed E-state index contributed by atoms with van der Waals surface area (Å²) < 4.78 is 32.0.